The quantitative estimate of drug-likeness (QED) is 0.441. The maximum atomic E-state index is 13.5. The Bertz CT molecular complexity index is 1310. The van der Waals surface area contributed by atoms with Gasteiger partial charge in [0.25, 0.3) is 0 Å². The molecule has 8 nitrogen and oxygen atoms in total. The Morgan fingerprint density at radius 3 is 2.54 bits per heavy atom. The van der Waals surface area contributed by atoms with Crippen LogP contribution in [0.1, 0.15) is 45.6 Å². The summed E-state index contributed by atoms with van der Waals surface area (Å²) in [5, 5.41) is 5.12. The molecule has 1 aromatic carbocycles. The summed E-state index contributed by atoms with van der Waals surface area (Å²) in [5.41, 5.74) is 1.20. The average molecular weight is 524 g/mol. The first-order valence-corrected chi connectivity index (χ1v) is 13.3. The van der Waals surface area contributed by atoms with Crippen LogP contribution in [0.5, 0.6) is 0 Å². The highest BCUT2D eigenvalue weighted by Gasteiger charge is 2.36. The average Bonchev–Trinajstić information content (AvgIpc) is 3.27. The van der Waals surface area contributed by atoms with Crippen molar-refractivity contribution in [2.45, 2.75) is 65.1 Å². The summed E-state index contributed by atoms with van der Waals surface area (Å²) in [6.07, 6.45) is 5.48. The summed E-state index contributed by atoms with van der Waals surface area (Å²) >= 11 is 6.22. The van der Waals surface area contributed by atoms with Crippen molar-refractivity contribution < 1.29 is 9.53 Å². The third kappa shape index (κ3) is 5.87. The lowest BCUT2D eigenvalue weighted by Crippen LogP contribution is -2.46. The molecule has 0 spiro atoms. The molecule has 196 valence electrons. The van der Waals surface area contributed by atoms with E-state index in [1.165, 1.54) is 22.1 Å². The summed E-state index contributed by atoms with van der Waals surface area (Å²) in [7, 11) is 0. The number of rotatable bonds is 8. The van der Waals surface area contributed by atoms with Crippen LogP contribution in [0.15, 0.2) is 47.4 Å². The summed E-state index contributed by atoms with van der Waals surface area (Å²) < 4.78 is 8.38. The molecule has 2 aromatic heterocycles. The molecule has 2 aliphatic rings. The number of hydrogen-bond acceptors (Lipinski definition) is 6. The van der Waals surface area contributed by atoms with Crippen LogP contribution in [0, 0.1) is 5.41 Å². The molecule has 2 fully saturated rings. The molecule has 3 aromatic rings. The van der Waals surface area contributed by atoms with Gasteiger partial charge in [0, 0.05) is 41.8 Å². The largest absolute Gasteiger partial charge is 0.378 e. The number of carbonyl (C=O) groups excluding carboxylic acids is 1. The van der Waals surface area contributed by atoms with Gasteiger partial charge >= 0.3 is 5.69 Å². The van der Waals surface area contributed by atoms with E-state index in [1.807, 2.05) is 45.2 Å². The highest BCUT2D eigenvalue weighted by Crippen LogP contribution is 2.29. The number of fused-ring (bicyclic) bond motifs is 2. The van der Waals surface area contributed by atoms with E-state index < -0.39 is 5.69 Å². The molecule has 4 heterocycles. The number of morpholine rings is 1. The summed E-state index contributed by atoms with van der Waals surface area (Å²) in [6.45, 7) is 8.58. The van der Waals surface area contributed by atoms with Crippen molar-refractivity contribution in [2.75, 3.05) is 19.8 Å². The van der Waals surface area contributed by atoms with Gasteiger partial charge < -0.3 is 4.74 Å². The fraction of sp³-hybridized carbons (Fsp3) is 0.500. The molecule has 2 atom stereocenters. The van der Waals surface area contributed by atoms with Gasteiger partial charge in [0.05, 0.1) is 19.8 Å². The zero-order chi connectivity index (χ0) is 26.2. The number of halogens is 1. The molecule has 2 saturated heterocycles. The van der Waals surface area contributed by atoms with Crippen molar-refractivity contribution in [2.24, 2.45) is 5.41 Å². The number of hydrogen-bond donors (Lipinski definition) is 0. The van der Waals surface area contributed by atoms with Gasteiger partial charge in [-0.05, 0) is 48.4 Å². The van der Waals surface area contributed by atoms with Gasteiger partial charge in [0.1, 0.15) is 0 Å². The lowest BCUT2D eigenvalue weighted by molar-refractivity contribution is -0.121. The predicted octanol–water partition coefficient (Wildman–Crippen LogP) is 4.16. The number of nitrogens with zero attached hydrogens (tertiary/aromatic N) is 5. The zero-order valence-corrected chi connectivity index (χ0v) is 22.4. The van der Waals surface area contributed by atoms with Crippen molar-refractivity contribution in [3.63, 3.8) is 0 Å². The first-order chi connectivity index (χ1) is 17.7. The van der Waals surface area contributed by atoms with E-state index in [1.54, 1.807) is 18.2 Å². The minimum Gasteiger partial charge on any atom is -0.378 e. The maximum absolute atomic E-state index is 13.5. The standard InChI is InChI=1S/C28H34ClN5O3/c1-28(2,3)14-24(35)16-33-26(20-5-4-6-21(29)13-20)31-34(27(33)36)25-10-7-19(15-30-25)11-12-32-22-8-9-23(32)18-37-17-22/h4-7,10,13,15,22-23H,8-9,11-12,14,16-18H2,1-3H3. The van der Waals surface area contributed by atoms with Gasteiger partial charge in [0.2, 0.25) is 0 Å². The number of ether oxygens (including phenoxy) is 1. The van der Waals surface area contributed by atoms with Crippen LogP contribution >= 0.6 is 11.6 Å². The maximum Gasteiger partial charge on any atom is 0.352 e. The molecular weight excluding hydrogens is 490 g/mol. The van der Waals surface area contributed by atoms with Crippen molar-refractivity contribution in [3.05, 3.63) is 63.7 Å². The Hall–Kier alpha value is -2.81. The third-order valence-electron chi connectivity index (χ3n) is 7.08. The Kier molecular flexibility index (Phi) is 7.34. The number of ketones is 1. The summed E-state index contributed by atoms with van der Waals surface area (Å²) in [4.78, 5) is 33.4. The van der Waals surface area contributed by atoms with Crippen LogP contribution in [0.25, 0.3) is 17.2 Å². The SMILES string of the molecule is CC(C)(C)CC(=O)Cn1c(-c2cccc(Cl)c2)nn(-c2ccc(CCN3C4CCC3COC4)cn2)c1=O. The van der Waals surface area contributed by atoms with Crippen LogP contribution in [-0.2, 0) is 22.5 Å². The van der Waals surface area contributed by atoms with Crippen molar-refractivity contribution in [3.8, 4) is 17.2 Å². The number of carbonyl (C=O) groups is 1. The molecule has 0 radical (unpaired) electrons. The van der Waals surface area contributed by atoms with Crippen molar-refractivity contribution >= 4 is 17.4 Å². The zero-order valence-electron chi connectivity index (χ0n) is 21.7. The van der Waals surface area contributed by atoms with Gasteiger partial charge in [-0.2, -0.15) is 4.68 Å². The van der Waals surface area contributed by atoms with Gasteiger partial charge in [0.15, 0.2) is 17.4 Å². The van der Waals surface area contributed by atoms with E-state index in [0.29, 0.717) is 40.7 Å². The van der Waals surface area contributed by atoms with E-state index in [9.17, 15) is 9.59 Å². The van der Waals surface area contributed by atoms with Gasteiger partial charge in [-0.15, -0.1) is 5.10 Å². The van der Waals surface area contributed by atoms with Crippen LogP contribution in [0.4, 0.5) is 0 Å². The molecule has 0 N–H and O–H groups in total. The number of aromatic nitrogens is 4. The number of Topliss-reactive ketones (excluding diaryl/α,β-unsaturated/α-hetero) is 1. The second kappa shape index (κ2) is 10.5. The highest BCUT2D eigenvalue weighted by molar-refractivity contribution is 6.30. The smallest absolute Gasteiger partial charge is 0.352 e. The molecule has 0 aliphatic carbocycles. The van der Waals surface area contributed by atoms with Gasteiger partial charge in [-0.25, -0.2) is 9.78 Å². The second-order valence-electron chi connectivity index (χ2n) is 11.3. The Morgan fingerprint density at radius 2 is 1.89 bits per heavy atom. The number of pyridine rings is 1. The lowest BCUT2D eigenvalue weighted by atomic mass is 9.90. The molecule has 2 aliphatic heterocycles. The predicted molar refractivity (Wildman–Crippen MR) is 143 cm³/mol. The summed E-state index contributed by atoms with van der Waals surface area (Å²) in [6, 6.07) is 12.0. The van der Waals surface area contributed by atoms with Crippen molar-refractivity contribution in [1.82, 2.24) is 24.2 Å². The third-order valence-corrected chi connectivity index (χ3v) is 7.32. The lowest BCUT2D eigenvalue weighted by Gasteiger charge is -2.34. The second-order valence-corrected chi connectivity index (χ2v) is 11.8. The molecule has 0 amide bonds. The van der Waals surface area contributed by atoms with Crippen LogP contribution < -0.4 is 5.69 Å². The molecule has 37 heavy (non-hydrogen) atoms. The molecule has 2 unspecified atom stereocenters. The molecule has 5 rings (SSSR count). The molecule has 0 saturated carbocycles. The van der Waals surface area contributed by atoms with Gasteiger partial charge in [-0.3, -0.25) is 14.3 Å². The first-order valence-electron chi connectivity index (χ1n) is 12.9. The van der Waals surface area contributed by atoms with Crippen LogP contribution in [-0.4, -0.2) is 61.9 Å². The fourth-order valence-electron chi connectivity index (χ4n) is 5.38. The minimum absolute atomic E-state index is 0.0298. The van der Waals surface area contributed by atoms with Crippen LogP contribution in [0.3, 0.4) is 0 Å². The Balaban J connectivity index is 1.39. The molecule has 2 bridgehead atoms. The fourth-order valence-corrected chi connectivity index (χ4v) is 5.57. The summed E-state index contributed by atoms with van der Waals surface area (Å²) in [5.74, 6) is 0.784. The van der Waals surface area contributed by atoms with E-state index in [-0.39, 0.29) is 17.7 Å². The van der Waals surface area contributed by atoms with Crippen LogP contribution in [0.2, 0.25) is 5.02 Å². The van der Waals surface area contributed by atoms with E-state index in [0.717, 1.165) is 31.7 Å². The van der Waals surface area contributed by atoms with Crippen molar-refractivity contribution in [1.29, 1.82) is 0 Å². The highest BCUT2D eigenvalue weighted by atomic mass is 35.5. The first kappa shape index (κ1) is 25.8. The normalized spacial score (nSPS) is 19.9. The minimum atomic E-state index is -0.401. The topological polar surface area (TPSA) is 82.2 Å². The van der Waals surface area contributed by atoms with Gasteiger partial charge in [-0.1, -0.05) is 50.6 Å². The molecule has 9 heteroatoms. The van der Waals surface area contributed by atoms with E-state index >= 15 is 0 Å². The van der Waals surface area contributed by atoms with E-state index in [2.05, 4.69) is 15.0 Å². The Labute approximate surface area is 222 Å². The Morgan fingerprint density at radius 1 is 1.14 bits per heavy atom. The number of benzene rings is 1. The molecular formula is C28H34ClN5O3. The monoisotopic (exact) mass is 523 g/mol. The van der Waals surface area contributed by atoms with E-state index in [4.69, 9.17) is 16.3 Å².